The first kappa shape index (κ1) is 17.5. The number of benzene rings is 2. The normalized spacial score (nSPS) is 16.8. The Balaban J connectivity index is 1.50. The molecule has 0 spiro atoms. The maximum absolute atomic E-state index is 11.2. The van der Waals surface area contributed by atoms with Gasteiger partial charge in [0.1, 0.15) is 18.1 Å². The van der Waals surface area contributed by atoms with Crippen molar-refractivity contribution in [3.8, 4) is 11.5 Å². The third-order valence-corrected chi connectivity index (χ3v) is 7.26. The molecule has 4 rings (SSSR count). The number of non-ortho nitro benzene ring substituents is 1. The van der Waals surface area contributed by atoms with E-state index in [1.165, 1.54) is 29.2 Å². The largest absolute Gasteiger partial charge is 0.489 e. The molecular weight excluding hydrogens is 374 g/mol. The van der Waals surface area contributed by atoms with Gasteiger partial charge in [-0.1, -0.05) is 12.1 Å². The Kier molecular flexibility index (Phi) is 5.23. The lowest BCUT2D eigenvalue weighted by atomic mass is 10.1. The van der Waals surface area contributed by atoms with Crippen LogP contribution in [0, 0.1) is 10.1 Å². The molecule has 0 radical (unpaired) electrons. The van der Waals surface area contributed by atoms with Crippen LogP contribution in [0.25, 0.3) is 0 Å². The van der Waals surface area contributed by atoms with Gasteiger partial charge in [-0.05, 0) is 17.7 Å². The van der Waals surface area contributed by atoms with Crippen molar-refractivity contribution >= 4 is 29.2 Å². The molecule has 1 fully saturated rings. The fraction of sp³-hybridized carbons (Fsp3) is 0.333. The van der Waals surface area contributed by atoms with Gasteiger partial charge < -0.3 is 14.2 Å². The summed E-state index contributed by atoms with van der Waals surface area (Å²) in [6.45, 7) is 0.648. The first-order valence-electron chi connectivity index (χ1n) is 8.17. The van der Waals surface area contributed by atoms with E-state index >= 15 is 0 Å². The molecule has 0 atom stereocenters. The summed E-state index contributed by atoms with van der Waals surface area (Å²) < 4.78 is 17.1. The average molecular weight is 391 g/mol. The van der Waals surface area contributed by atoms with Gasteiger partial charge in [0.15, 0.2) is 6.79 Å². The number of thioether (sulfide) groups is 2. The molecule has 136 valence electrons. The van der Waals surface area contributed by atoms with Gasteiger partial charge in [0, 0.05) is 34.8 Å². The van der Waals surface area contributed by atoms with E-state index in [1.807, 2.05) is 35.7 Å². The van der Waals surface area contributed by atoms with Crippen LogP contribution in [-0.2, 0) is 18.0 Å². The maximum atomic E-state index is 11.2. The summed E-state index contributed by atoms with van der Waals surface area (Å²) in [6.07, 6.45) is 0. The third kappa shape index (κ3) is 3.77. The van der Waals surface area contributed by atoms with Gasteiger partial charge in [-0.2, -0.15) is 0 Å². The van der Waals surface area contributed by atoms with Gasteiger partial charge in [-0.15, -0.1) is 23.5 Å². The first-order chi connectivity index (χ1) is 12.7. The second-order valence-corrected chi connectivity index (χ2v) is 8.62. The lowest BCUT2D eigenvalue weighted by molar-refractivity contribution is -0.385. The number of nitro benzene ring substituents is 1. The molecule has 0 unspecified atom stereocenters. The lowest BCUT2D eigenvalue weighted by Gasteiger charge is -2.20. The molecule has 0 bridgehead atoms. The molecular formula is C18H17NO5S2. The van der Waals surface area contributed by atoms with E-state index < -0.39 is 4.92 Å². The van der Waals surface area contributed by atoms with E-state index in [4.69, 9.17) is 14.2 Å². The van der Waals surface area contributed by atoms with E-state index in [9.17, 15) is 10.1 Å². The van der Waals surface area contributed by atoms with Gasteiger partial charge >= 0.3 is 0 Å². The van der Waals surface area contributed by atoms with Crippen LogP contribution in [0.5, 0.6) is 11.5 Å². The number of hydrogen-bond acceptors (Lipinski definition) is 7. The van der Waals surface area contributed by atoms with Gasteiger partial charge in [-0.25, -0.2) is 0 Å². The van der Waals surface area contributed by atoms with E-state index in [0.29, 0.717) is 28.1 Å². The topological polar surface area (TPSA) is 70.8 Å². The third-order valence-electron chi connectivity index (χ3n) is 4.15. The summed E-state index contributed by atoms with van der Waals surface area (Å²) in [7, 11) is 0. The zero-order valence-corrected chi connectivity index (χ0v) is 15.5. The summed E-state index contributed by atoms with van der Waals surface area (Å²) in [5.74, 6) is 3.73. The quantitative estimate of drug-likeness (QED) is 0.548. The molecule has 2 aromatic carbocycles. The van der Waals surface area contributed by atoms with Crippen molar-refractivity contribution in [2.75, 3.05) is 18.3 Å². The second kappa shape index (κ2) is 7.77. The summed E-state index contributed by atoms with van der Waals surface area (Å²) in [6, 6.07) is 11.1. The molecule has 0 aliphatic carbocycles. The Morgan fingerprint density at radius 1 is 1.19 bits per heavy atom. The zero-order chi connectivity index (χ0) is 17.9. The zero-order valence-electron chi connectivity index (χ0n) is 13.9. The predicted molar refractivity (Wildman–Crippen MR) is 102 cm³/mol. The Bertz CT molecular complexity index is 806. The Labute approximate surface area is 159 Å². The fourth-order valence-electron chi connectivity index (χ4n) is 2.93. The minimum absolute atomic E-state index is 0.0158. The summed E-state index contributed by atoms with van der Waals surface area (Å²) in [5.41, 5.74) is 2.64. The average Bonchev–Trinajstić information content (AvgIpc) is 3.21. The van der Waals surface area contributed by atoms with E-state index in [-0.39, 0.29) is 19.1 Å². The highest BCUT2D eigenvalue weighted by molar-refractivity contribution is 8.19. The van der Waals surface area contributed by atoms with Crippen LogP contribution >= 0.6 is 23.5 Å². The van der Waals surface area contributed by atoms with Crippen molar-refractivity contribution in [3.05, 3.63) is 63.2 Å². The molecule has 2 aliphatic heterocycles. The van der Waals surface area contributed by atoms with Crippen molar-refractivity contribution in [2.45, 2.75) is 17.8 Å². The van der Waals surface area contributed by atoms with Crippen molar-refractivity contribution in [2.24, 2.45) is 0 Å². The van der Waals surface area contributed by atoms with Gasteiger partial charge in [0.2, 0.25) is 0 Å². The molecule has 1 saturated heterocycles. The lowest BCUT2D eigenvalue weighted by Crippen LogP contribution is -2.14. The smallest absolute Gasteiger partial charge is 0.270 e. The minimum atomic E-state index is -0.413. The van der Waals surface area contributed by atoms with Crippen molar-refractivity contribution in [3.63, 3.8) is 0 Å². The van der Waals surface area contributed by atoms with Gasteiger partial charge in [-0.3, -0.25) is 10.1 Å². The van der Waals surface area contributed by atoms with Gasteiger partial charge in [0.05, 0.1) is 16.1 Å². The number of hydrogen-bond donors (Lipinski definition) is 0. The molecule has 2 aromatic rings. The minimum Gasteiger partial charge on any atom is -0.489 e. The van der Waals surface area contributed by atoms with Crippen LogP contribution in [0.2, 0.25) is 0 Å². The molecule has 0 saturated carbocycles. The molecule has 0 aromatic heterocycles. The van der Waals surface area contributed by atoms with Crippen molar-refractivity contribution in [1.82, 2.24) is 0 Å². The number of ether oxygens (including phenoxy) is 3. The fourth-order valence-corrected chi connectivity index (χ4v) is 5.79. The molecule has 8 heteroatoms. The van der Waals surface area contributed by atoms with Crippen molar-refractivity contribution in [1.29, 1.82) is 0 Å². The molecule has 2 aliphatic rings. The molecule has 0 N–H and O–H groups in total. The van der Waals surface area contributed by atoms with E-state index in [0.717, 1.165) is 5.75 Å². The van der Waals surface area contributed by atoms with E-state index in [2.05, 4.69) is 12.1 Å². The van der Waals surface area contributed by atoms with Gasteiger partial charge in [0.25, 0.3) is 5.69 Å². The Morgan fingerprint density at radius 3 is 2.69 bits per heavy atom. The van der Waals surface area contributed by atoms with Crippen molar-refractivity contribution < 1.29 is 19.1 Å². The van der Waals surface area contributed by atoms with E-state index in [1.54, 1.807) is 0 Å². The van der Waals surface area contributed by atoms with Crippen LogP contribution in [0.1, 0.15) is 21.3 Å². The van der Waals surface area contributed by atoms with Crippen LogP contribution in [0.15, 0.2) is 36.4 Å². The van der Waals surface area contributed by atoms with Crippen LogP contribution in [0.4, 0.5) is 5.69 Å². The molecule has 2 heterocycles. The highest BCUT2D eigenvalue weighted by atomic mass is 32.2. The summed E-state index contributed by atoms with van der Waals surface area (Å²) >= 11 is 3.92. The SMILES string of the molecule is O=[N+]([O-])c1cc2c(c(COc3ccc(C4SCCS4)cc3)c1)OCOC2. The number of fused-ring (bicyclic) bond motifs is 1. The maximum Gasteiger partial charge on any atom is 0.270 e. The van der Waals surface area contributed by atoms with Crippen LogP contribution in [-0.4, -0.2) is 23.2 Å². The number of nitrogens with zero attached hydrogens (tertiary/aromatic N) is 1. The highest BCUT2D eigenvalue weighted by Crippen LogP contribution is 2.45. The molecule has 26 heavy (non-hydrogen) atoms. The Morgan fingerprint density at radius 2 is 1.96 bits per heavy atom. The number of rotatable bonds is 5. The monoisotopic (exact) mass is 391 g/mol. The molecule has 0 amide bonds. The van der Waals surface area contributed by atoms with Crippen LogP contribution < -0.4 is 9.47 Å². The standard InChI is InChI=1S/C18H17NO5S2/c20-19(21)15-7-13-9-22-11-24-17(13)14(8-15)10-23-16-3-1-12(2-4-16)18-25-5-6-26-18/h1-4,7-8,18H,5-6,9-11H2. The Hall–Kier alpha value is -1.90. The number of nitro groups is 1. The highest BCUT2D eigenvalue weighted by Gasteiger charge is 2.21. The summed E-state index contributed by atoms with van der Waals surface area (Å²) in [4.78, 5) is 10.7. The predicted octanol–water partition coefficient (Wildman–Crippen LogP) is 4.52. The summed E-state index contributed by atoms with van der Waals surface area (Å²) in [5, 5.41) is 11.2. The van der Waals surface area contributed by atoms with Crippen LogP contribution in [0.3, 0.4) is 0 Å². The molecule has 6 nitrogen and oxygen atoms in total. The second-order valence-electron chi connectivity index (χ2n) is 5.89. The first-order valence-corrected chi connectivity index (χ1v) is 10.3.